The molecule has 0 aromatic heterocycles. The highest BCUT2D eigenvalue weighted by Crippen LogP contribution is 2.34. The van der Waals surface area contributed by atoms with Gasteiger partial charge in [0.25, 0.3) is 0 Å². The maximum atomic E-state index is 2.75. The predicted molar refractivity (Wildman–Crippen MR) is 80.2 cm³/mol. The largest absolute Gasteiger partial charge is 0.297 e. The molecule has 2 nitrogen and oxygen atoms in total. The molecular formula is C17H26N2. The molecule has 3 atom stereocenters. The van der Waals surface area contributed by atoms with Gasteiger partial charge in [0.15, 0.2) is 0 Å². The molecule has 1 aromatic rings. The van der Waals surface area contributed by atoms with Gasteiger partial charge >= 0.3 is 0 Å². The van der Waals surface area contributed by atoms with E-state index >= 15 is 0 Å². The highest BCUT2D eigenvalue weighted by Gasteiger charge is 2.38. The van der Waals surface area contributed by atoms with Gasteiger partial charge in [-0.25, -0.2) is 0 Å². The molecule has 104 valence electrons. The number of rotatable bonds is 3. The molecule has 2 saturated heterocycles. The van der Waals surface area contributed by atoms with Gasteiger partial charge in [0.2, 0.25) is 0 Å². The Morgan fingerprint density at radius 2 is 2.00 bits per heavy atom. The van der Waals surface area contributed by atoms with Gasteiger partial charge in [0.05, 0.1) is 0 Å². The molecule has 19 heavy (non-hydrogen) atoms. The van der Waals surface area contributed by atoms with Gasteiger partial charge < -0.3 is 0 Å². The van der Waals surface area contributed by atoms with Gasteiger partial charge in [0, 0.05) is 31.2 Å². The maximum Gasteiger partial charge on any atom is 0.0478 e. The first kappa shape index (κ1) is 13.1. The van der Waals surface area contributed by atoms with E-state index in [1.165, 1.54) is 44.5 Å². The van der Waals surface area contributed by atoms with Crippen molar-refractivity contribution in [2.24, 2.45) is 0 Å². The van der Waals surface area contributed by atoms with Crippen molar-refractivity contribution >= 4 is 0 Å². The van der Waals surface area contributed by atoms with Gasteiger partial charge in [-0.1, -0.05) is 37.3 Å². The van der Waals surface area contributed by atoms with Crippen LogP contribution in [0.25, 0.3) is 0 Å². The van der Waals surface area contributed by atoms with Crippen molar-refractivity contribution in [3.63, 3.8) is 0 Å². The number of benzene rings is 1. The Morgan fingerprint density at radius 3 is 2.74 bits per heavy atom. The summed E-state index contributed by atoms with van der Waals surface area (Å²) in [5.41, 5.74) is 1.49. The molecule has 0 radical (unpaired) electrons. The van der Waals surface area contributed by atoms with E-state index in [1.807, 2.05) is 0 Å². The second kappa shape index (κ2) is 5.64. The molecule has 3 unspecified atom stereocenters. The van der Waals surface area contributed by atoms with Crippen molar-refractivity contribution in [2.45, 2.75) is 51.2 Å². The zero-order valence-electron chi connectivity index (χ0n) is 12.3. The SMILES string of the molecule is CCC(C)N1CC2CCCN2CC1c1ccccc1. The summed E-state index contributed by atoms with van der Waals surface area (Å²) in [5.74, 6) is 0. The predicted octanol–water partition coefficient (Wildman–Crippen LogP) is 3.31. The molecule has 2 heterocycles. The van der Waals surface area contributed by atoms with Gasteiger partial charge in [0.1, 0.15) is 0 Å². The van der Waals surface area contributed by atoms with Crippen molar-refractivity contribution in [2.75, 3.05) is 19.6 Å². The smallest absolute Gasteiger partial charge is 0.0478 e. The maximum absolute atomic E-state index is 2.75. The van der Waals surface area contributed by atoms with Crippen LogP contribution in [-0.4, -0.2) is 41.5 Å². The topological polar surface area (TPSA) is 6.48 Å². The van der Waals surface area contributed by atoms with Crippen molar-refractivity contribution in [1.29, 1.82) is 0 Å². The van der Waals surface area contributed by atoms with Crippen LogP contribution >= 0.6 is 0 Å². The van der Waals surface area contributed by atoms with Crippen LogP contribution in [0.4, 0.5) is 0 Å². The summed E-state index contributed by atoms with van der Waals surface area (Å²) >= 11 is 0. The fourth-order valence-electron chi connectivity index (χ4n) is 3.73. The van der Waals surface area contributed by atoms with Crippen molar-refractivity contribution in [1.82, 2.24) is 9.80 Å². The van der Waals surface area contributed by atoms with E-state index in [4.69, 9.17) is 0 Å². The molecule has 0 saturated carbocycles. The van der Waals surface area contributed by atoms with E-state index in [1.54, 1.807) is 0 Å². The summed E-state index contributed by atoms with van der Waals surface area (Å²) in [6.07, 6.45) is 4.03. The van der Waals surface area contributed by atoms with E-state index in [2.05, 4.69) is 54.0 Å². The standard InChI is InChI=1S/C17H26N2/c1-3-14(2)19-12-16-10-7-11-18(16)13-17(19)15-8-5-4-6-9-15/h4-6,8-9,14,16-17H,3,7,10-13H2,1-2H3. The lowest BCUT2D eigenvalue weighted by atomic mass is 9.97. The fraction of sp³-hybridized carbons (Fsp3) is 0.647. The first-order valence-electron chi connectivity index (χ1n) is 7.84. The fourth-order valence-corrected chi connectivity index (χ4v) is 3.73. The van der Waals surface area contributed by atoms with E-state index < -0.39 is 0 Å². The van der Waals surface area contributed by atoms with E-state index in [0.29, 0.717) is 12.1 Å². The number of nitrogens with zero attached hydrogens (tertiary/aromatic N) is 2. The van der Waals surface area contributed by atoms with Crippen molar-refractivity contribution < 1.29 is 0 Å². The third-order valence-corrected chi connectivity index (χ3v) is 5.07. The number of hydrogen-bond donors (Lipinski definition) is 0. The third kappa shape index (κ3) is 2.56. The van der Waals surface area contributed by atoms with E-state index in [9.17, 15) is 0 Å². The number of piperazine rings is 1. The van der Waals surface area contributed by atoms with Gasteiger partial charge in [-0.15, -0.1) is 0 Å². The summed E-state index contributed by atoms with van der Waals surface area (Å²) in [5, 5.41) is 0. The molecule has 2 heteroatoms. The lowest BCUT2D eigenvalue weighted by molar-refractivity contribution is 0.0229. The minimum absolute atomic E-state index is 0.588. The quantitative estimate of drug-likeness (QED) is 0.821. The zero-order chi connectivity index (χ0) is 13.2. The Morgan fingerprint density at radius 1 is 1.21 bits per heavy atom. The van der Waals surface area contributed by atoms with Crippen LogP contribution in [0.1, 0.15) is 44.7 Å². The lowest BCUT2D eigenvalue weighted by Gasteiger charge is -2.46. The molecule has 1 aromatic carbocycles. The zero-order valence-corrected chi connectivity index (χ0v) is 12.3. The second-order valence-corrected chi connectivity index (χ2v) is 6.17. The molecule has 0 spiro atoms. The molecular weight excluding hydrogens is 232 g/mol. The van der Waals surface area contributed by atoms with Crippen molar-refractivity contribution in [3.8, 4) is 0 Å². The molecule has 2 aliphatic rings. The summed E-state index contributed by atoms with van der Waals surface area (Å²) in [6, 6.07) is 13.2. The van der Waals surface area contributed by atoms with Crippen LogP contribution in [0.2, 0.25) is 0 Å². The van der Waals surface area contributed by atoms with Crippen LogP contribution in [0.5, 0.6) is 0 Å². The Labute approximate surface area is 117 Å². The molecule has 0 amide bonds. The van der Waals surface area contributed by atoms with Crippen molar-refractivity contribution in [3.05, 3.63) is 35.9 Å². The van der Waals surface area contributed by atoms with Gasteiger partial charge in [-0.05, 0) is 38.3 Å². The van der Waals surface area contributed by atoms with Crippen LogP contribution in [0.3, 0.4) is 0 Å². The molecule has 3 rings (SSSR count). The van der Waals surface area contributed by atoms with Gasteiger partial charge in [-0.2, -0.15) is 0 Å². The molecule has 0 aliphatic carbocycles. The summed E-state index contributed by atoms with van der Waals surface area (Å²) < 4.78 is 0. The van der Waals surface area contributed by atoms with E-state index in [0.717, 1.165) is 6.04 Å². The average molecular weight is 258 g/mol. The molecule has 0 N–H and O–H groups in total. The van der Waals surface area contributed by atoms with Crippen LogP contribution in [-0.2, 0) is 0 Å². The highest BCUT2D eigenvalue weighted by molar-refractivity contribution is 5.21. The lowest BCUT2D eigenvalue weighted by Crippen LogP contribution is -2.54. The molecule has 0 bridgehead atoms. The van der Waals surface area contributed by atoms with Gasteiger partial charge in [-0.3, -0.25) is 9.80 Å². The Kier molecular flexibility index (Phi) is 3.90. The Bertz CT molecular complexity index is 403. The number of fused-ring (bicyclic) bond motifs is 1. The number of hydrogen-bond acceptors (Lipinski definition) is 2. The summed E-state index contributed by atoms with van der Waals surface area (Å²) in [4.78, 5) is 5.47. The van der Waals surface area contributed by atoms with Crippen LogP contribution in [0, 0.1) is 0 Å². The van der Waals surface area contributed by atoms with Crippen LogP contribution < -0.4 is 0 Å². The molecule has 2 fully saturated rings. The second-order valence-electron chi connectivity index (χ2n) is 6.17. The summed E-state index contributed by atoms with van der Waals surface area (Å²) in [6.45, 7) is 8.49. The Hall–Kier alpha value is -0.860. The average Bonchev–Trinajstić information content (AvgIpc) is 2.93. The minimum Gasteiger partial charge on any atom is -0.297 e. The van der Waals surface area contributed by atoms with E-state index in [-0.39, 0.29) is 0 Å². The normalized spacial score (nSPS) is 30.2. The Balaban J connectivity index is 1.85. The minimum atomic E-state index is 0.588. The van der Waals surface area contributed by atoms with Crippen LogP contribution in [0.15, 0.2) is 30.3 Å². The summed E-state index contributed by atoms with van der Waals surface area (Å²) in [7, 11) is 0. The highest BCUT2D eigenvalue weighted by atomic mass is 15.3. The first-order chi connectivity index (χ1) is 9.29. The monoisotopic (exact) mass is 258 g/mol. The first-order valence-corrected chi connectivity index (χ1v) is 7.84. The third-order valence-electron chi connectivity index (χ3n) is 5.07. The molecule has 2 aliphatic heterocycles.